The molecule has 0 aliphatic carbocycles. The van der Waals surface area contributed by atoms with Crippen LogP contribution in [0.15, 0.2) is 42.6 Å². The zero-order chi connectivity index (χ0) is 17.2. The highest BCUT2D eigenvalue weighted by Gasteiger charge is 2.07. The average Bonchev–Trinajstić information content (AvgIpc) is 2.61. The summed E-state index contributed by atoms with van der Waals surface area (Å²) in [4.78, 5) is 16.1. The summed E-state index contributed by atoms with van der Waals surface area (Å²) in [5, 5.41) is 2.79. The predicted octanol–water partition coefficient (Wildman–Crippen LogP) is 2.57. The number of carbonyl (C=O) groups excluding carboxylic acids is 1. The second kappa shape index (κ2) is 9.39. The highest BCUT2D eigenvalue weighted by atomic mass is 16.5. The molecule has 2 aromatic rings. The van der Waals surface area contributed by atoms with E-state index in [2.05, 4.69) is 10.3 Å². The van der Waals surface area contributed by atoms with Crippen LogP contribution in [0, 0.1) is 0 Å². The first-order chi connectivity index (χ1) is 11.7. The van der Waals surface area contributed by atoms with E-state index in [0.29, 0.717) is 31.4 Å². The van der Waals surface area contributed by atoms with Gasteiger partial charge in [-0.1, -0.05) is 6.07 Å². The van der Waals surface area contributed by atoms with Gasteiger partial charge in [-0.3, -0.25) is 4.79 Å². The van der Waals surface area contributed by atoms with Crippen molar-refractivity contribution in [1.82, 2.24) is 10.3 Å². The van der Waals surface area contributed by atoms with Crippen LogP contribution in [0.25, 0.3) is 0 Å². The van der Waals surface area contributed by atoms with Crippen LogP contribution in [0.1, 0.15) is 19.4 Å². The van der Waals surface area contributed by atoms with Crippen LogP contribution >= 0.6 is 0 Å². The topological polar surface area (TPSA) is 69.7 Å². The lowest BCUT2D eigenvalue weighted by atomic mass is 10.2. The summed E-state index contributed by atoms with van der Waals surface area (Å²) in [6.45, 7) is 5.24. The van der Waals surface area contributed by atoms with Gasteiger partial charge in [-0.25, -0.2) is 4.98 Å². The quantitative estimate of drug-likeness (QED) is 0.765. The number of carbonyl (C=O) groups is 1. The minimum atomic E-state index is -0.213. The lowest BCUT2D eigenvalue weighted by Crippen LogP contribution is -2.28. The molecule has 0 unspecified atom stereocenters. The third-order valence-electron chi connectivity index (χ3n) is 3.11. The lowest BCUT2D eigenvalue weighted by molar-refractivity contribution is -0.123. The van der Waals surface area contributed by atoms with E-state index in [9.17, 15) is 4.79 Å². The number of nitrogens with one attached hydrogen (secondary N) is 1. The molecule has 6 heteroatoms. The van der Waals surface area contributed by atoms with Crippen LogP contribution < -0.4 is 19.5 Å². The Hall–Kier alpha value is -2.76. The number of nitrogens with zero attached hydrogens (tertiary/aromatic N) is 1. The minimum Gasteiger partial charge on any atom is -0.494 e. The SMILES string of the molecule is CCOc1ccc(OCC(=O)NCc2cccnc2OCC)cc1. The summed E-state index contributed by atoms with van der Waals surface area (Å²) in [6, 6.07) is 10.8. The van der Waals surface area contributed by atoms with E-state index in [4.69, 9.17) is 14.2 Å². The van der Waals surface area contributed by atoms with Gasteiger partial charge in [-0.05, 0) is 44.2 Å². The van der Waals surface area contributed by atoms with Crippen molar-refractivity contribution in [2.24, 2.45) is 0 Å². The van der Waals surface area contributed by atoms with Gasteiger partial charge < -0.3 is 19.5 Å². The molecule has 0 spiro atoms. The highest BCUT2D eigenvalue weighted by molar-refractivity contribution is 5.77. The first kappa shape index (κ1) is 17.6. The predicted molar refractivity (Wildman–Crippen MR) is 90.4 cm³/mol. The van der Waals surface area contributed by atoms with Crippen LogP contribution in [0.5, 0.6) is 17.4 Å². The molecule has 0 aliphatic rings. The maximum Gasteiger partial charge on any atom is 0.258 e. The molecule has 0 fully saturated rings. The van der Waals surface area contributed by atoms with Crippen LogP contribution in [0.3, 0.4) is 0 Å². The molecule has 1 aromatic heterocycles. The normalized spacial score (nSPS) is 10.1. The van der Waals surface area contributed by atoms with Crippen molar-refractivity contribution in [3.8, 4) is 17.4 Å². The van der Waals surface area contributed by atoms with Gasteiger partial charge in [0.2, 0.25) is 5.88 Å². The van der Waals surface area contributed by atoms with Crippen molar-refractivity contribution in [1.29, 1.82) is 0 Å². The Morgan fingerprint density at radius 2 is 1.67 bits per heavy atom. The highest BCUT2D eigenvalue weighted by Crippen LogP contribution is 2.17. The number of hydrogen-bond acceptors (Lipinski definition) is 5. The molecule has 0 saturated carbocycles. The standard InChI is InChI=1S/C18H22N2O4/c1-3-22-15-7-9-16(10-8-15)24-13-17(21)20-12-14-6-5-11-19-18(14)23-4-2/h5-11H,3-4,12-13H2,1-2H3,(H,20,21). The summed E-state index contributed by atoms with van der Waals surface area (Å²) < 4.78 is 16.2. The molecule has 0 radical (unpaired) electrons. The van der Waals surface area contributed by atoms with E-state index in [1.54, 1.807) is 36.5 Å². The molecule has 1 aromatic carbocycles. The first-order valence-corrected chi connectivity index (χ1v) is 7.92. The Labute approximate surface area is 141 Å². The monoisotopic (exact) mass is 330 g/mol. The molecular weight excluding hydrogens is 308 g/mol. The molecule has 0 aliphatic heterocycles. The Balaban J connectivity index is 1.79. The molecule has 24 heavy (non-hydrogen) atoms. The fourth-order valence-corrected chi connectivity index (χ4v) is 2.02. The summed E-state index contributed by atoms with van der Waals surface area (Å²) >= 11 is 0. The summed E-state index contributed by atoms with van der Waals surface area (Å²) in [5.41, 5.74) is 0.828. The third-order valence-corrected chi connectivity index (χ3v) is 3.11. The van der Waals surface area contributed by atoms with Crippen LogP contribution in [0.2, 0.25) is 0 Å². The number of hydrogen-bond donors (Lipinski definition) is 1. The Bertz CT molecular complexity index is 644. The first-order valence-electron chi connectivity index (χ1n) is 7.92. The van der Waals surface area contributed by atoms with E-state index in [-0.39, 0.29) is 12.5 Å². The third kappa shape index (κ3) is 5.46. The van der Waals surface area contributed by atoms with Gasteiger partial charge in [0.05, 0.1) is 13.2 Å². The molecule has 1 heterocycles. The maximum absolute atomic E-state index is 11.9. The summed E-state index contributed by atoms with van der Waals surface area (Å²) in [6.07, 6.45) is 1.66. The number of rotatable bonds is 9. The van der Waals surface area contributed by atoms with Crippen molar-refractivity contribution in [2.75, 3.05) is 19.8 Å². The van der Waals surface area contributed by atoms with E-state index in [0.717, 1.165) is 11.3 Å². The Morgan fingerprint density at radius 1 is 1.00 bits per heavy atom. The average molecular weight is 330 g/mol. The molecule has 6 nitrogen and oxygen atoms in total. The molecule has 1 amide bonds. The van der Waals surface area contributed by atoms with Crippen molar-refractivity contribution >= 4 is 5.91 Å². The second-order valence-corrected chi connectivity index (χ2v) is 4.87. The van der Waals surface area contributed by atoms with E-state index in [1.807, 2.05) is 19.9 Å². The minimum absolute atomic E-state index is 0.0573. The van der Waals surface area contributed by atoms with E-state index >= 15 is 0 Å². The van der Waals surface area contributed by atoms with E-state index in [1.165, 1.54) is 0 Å². The van der Waals surface area contributed by atoms with Crippen molar-refractivity contribution < 1.29 is 19.0 Å². The second-order valence-electron chi connectivity index (χ2n) is 4.87. The Morgan fingerprint density at radius 3 is 2.33 bits per heavy atom. The molecule has 1 N–H and O–H groups in total. The fourth-order valence-electron chi connectivity index (χ4n) is 2.02. The fraction of sp³-hybridized carbons (Fsp3) is 0.333. The molecule has 0 saturated heterocycles. The van der Waals surface area contributed by atoms with Gasteiger partial charge >= 0.3 is 0 Å². The number of ether oxygens (including phenoxy) is 3. The lowest BCUT2D eigenvalue weighted by Gasteiger charge is -2.10. The number of benzene rings is 1. The van der Waals surface area contributed by atoms with Gasteiger partial charge in [0.1, 0.15) is 11.5 Å². The van der Waals surface area contributed by atoms with Gasteiger partial charge in [-0.2, -0.15) is 0 Å². The van der Waals surface area contributed by atoms with Crippen LogP contribution in [-0.4, -0.2) is 30.7 Å². The molecule has 2 rings (SSSR count). The molecular formula is C18H22N2O4. The number of amides is 1. The van der Waals surface area contributed by atoms with Gasteiger partial charge in [-0.15, -0.1) is 0 Å². The van der Waals surface area contributed by atoms with Crippen molar-refractivity contribution in [3.63, 3.8) is 0 Å². The zero-order valence-corrected chi connectivity index (χ0v) is 14.0. The largest absolute Gasteiger partial charge is 0.494 e. The number of pyridine rings is 1. The van der Waals surface area contributed by atoms with E-state index < -0.39 is 0 Å². The molecule has 0 atom stereocenters. The zero-order valence-electron chi connectivity index (χ0n) is 14.0. The summed E-state index contributed by atoms with van der Waals surface area (Å²) in [5.74, 6) is 1.71. The van der Waals surface area contributed by atoms with Gasteiger partial charge in [0.15, 0.2) is 6.61 Å². The number of aromatic nitrogens is 1. The molecule has 128 valence electrons. The Kier molecular flexibility index (Phi) is 6.89. The van der Waals surface area contributed by atoms with Crippen molar-refractivity contribution in [2.45, 2.75) is 20.4 Å². The van der Waals surface area contributed by atoms with Crippen LogP contribution in [-0.2, 0) is 11.3 Å². The van der Waals surface area contributed by atoms with Crippen molar-refractivity contribution in [3.05, 3.63) is 48.2 Å². The van der Waals surface area contributed by atoms with Gasteiger partial charge in [0.25, 0.3) is 5.91 Å². The smallest absolute Gasteiger partial charge is 0.258 e. The summed E-state index contributed by atoms with van der Waals surface area (Å²) in [7, 11) is 0. The maximum atomic E-state index is 11.9. The van der Waals surface area contributed by atoms with Gasteiger partial charge in [0, 0.05) is 18.3 Å². The molecule has 0 bridgehead atoms. The van der Waals surface area contributed by atoms with Crippen LogP contribution in [0.4, 0.5) is 0 Å².